The average Bonchev–Trinajstić information content (AvgIpc) is 3.29. The minimum atomic E-state index is -4.31. The van der Waals surface area contributed by atoms with E-state index in [0.29, 0.717) is 5.70 Å². The maximum Gasteiger partial charge on any atom is 0.459 e. The molecule has 0 radical (unpaired) electrons. The number of esters is 1. The minimum Gasteiger partial charge on any atom is -0.465 e. The van der Waals surface area contributed by atoms with Crippen molar-refractivity contribution in [1.29, 1.82) is 5.26 Å². The van der Waals surface area contributed by atoms with Crippen molar-refractivity contribution < 1.29 is 38.1 Å². The third-order valence-corrected chi connectivity index (χ3v) is 7.88. The maximum atomic E-state index is 13.8. The van der Waals surface area contributed by atoms with Crippen LogP contribution in [-0.2, 0) is 23.4 Å². The Morgan fingerprint density at radius 3 is 2.70 bits per heavy atom. The lowest BCUT2D eigenvalue weighted by Crippen LogP contribution is -2.55. The van der Waals surface area contributed by atoms with Crippen LogP contribution >= 0.6 is 7.75 Å². The van der Waals surface area contributed by atoms with Crippen molar-refractivity contribution in [3.05, 3.63) is 42.1 Å². The highest BCUT2D eigenvalue weighted by molar-refractivity contribution is 7.52. The molecule has 40 heavy (non-hydrogen) atoms. The number of hydrogen-bond acceptors (Lipinski definition) is 13. The summed E-state index contributed by atoms with van der Waals surface area (Å²) in [6.07, 6.45) is 0.154. The minimum absolute atomic E-state index is 0.107. The van der Waals surface area contributed by atoms with Crippen molar-refractivity contribution in [2.75, 3.05) is 19.8 Å². The van der Waals surface area contributed by atoms with Gasteiger partial charge in [0.2, 0.25) is 0 Å². The molecule has 14 nitrogen and oxygen atoms in total. The molecule has 0 bridgehead atoms. The van der Waals surface area contributed by atoms with E-state index in [9.17, 15) is 24.8 Å². The van der Waals surface area contributed by atoms with Gasteiger partial charge < -0.3 is 29.9 Å². The molecule has 1 aromatic carbocycles. The Balaban J connectivity index is 1.84. The van der Waals surface area contributed by atoms with E-state index < -0.39 is 56.8 Å². The number of nitriles is 1. The number of para-hydroxylation sites is 1. The third kappa shape index (κ3) is 7.25. The van der Waals surface area contributed by atoms with Crippen LogP contribution in [0.5, 0.6) is 5.75 Å². The monoisotopic (exact) mass is 578 g/mol. The molecule has 218 valence electrons. The summed E-state index contributed by atoms with van der Waals surface area (Å²) in [5, 5.41) is 38.8. The van der Waals surface area contributed by atoms with Crippen molar-refractivity contribution in [1.82, 2.24) is 10.1 Å². The van der Waals surface area contributed by atoms with Gasteiger partial charge in [0.25, 0.3) is 0 Å². The first-order valence-corrected chi connectivity index (χ1v) is 14.2. The van der Waals surface area contributed by atoms with Crippen LogP contribution in [0.2, 0.25) is 0 Å². The number of amidine groups is 1. The van der Waals surface area contributed by atoms with Crippen molar-refractivity contribution in [3.63, 3.8) is 0 Å². The van der Waals surface area contributed by atoms with Gasteiger partial charge >= 0.3 is 13.7 Å². The largest absolute Gasteiger partial charge is 0.465 e. The predicted molar refractivity (Wildman–Crippen MR) is 145 cm³/mol. The Hall–Kier alpha value is -3.31. The molecule has 0 saturated carbocycles. The molecule has 5 N–H and O–H groups in total. The number of benzene rings is 1. The molecule has 0 fully saturated rings. The SMILES string of the molecule is CCOC(=O)[C@H](C)NP(=O)(OC[C@@H](O[C@@](C)(C#N)C1C(C)C=C2C(N)=NC=NN21)[C@@H](O)CO)Oc1ccccc1. The Morgan fingerprint density at radius 1 is 1.38 bits per heavy atom. The molecule has 0 spiro atoms. The molecule has 3 rings (SSSR count). The van der Waals surface area contributed by atoms with E-state index in [2.05, 4.69) is 21.3 Å². The van der Waals surface area contributed by atoms with Crippen molar-refractivity contribution in [2.24, 2.45) is 21.7 Å². The molecule has 0 amide bonds. The molecule has 2 heterocycles. The lowest BCUT2D eigenvalue weighted by molar-refractivity contribution is -0.149. The molecule has 0 aliphatic carbocycles. The number of hydrogen-bond donors (Lipinski definition) is 4. The number of hydrazone groups is 1. The fraction of sp³-hybridized carbons (Fsp3) is 0.520. The fourth-order valence-corrected chi connectivity index (χ4v) is 5.83. The Labute approximate surface area is 232 Å². The molecule has 15 heteroatoms. The van der Waals surface area contributed by atoms with E-state index in [1.54, 1.807) is 31.2 Å². The van der Waals surface area contributed by atoms with Crippen molar-refractivity contribution in [2.45, 2.75) is 57.6 Å². The van der Waals surface area contributed by atoms with Crippen LogP contribution in [0.1, 0.15) is 27.7 Å². The zero-order valence-corrected chi connectivity index (χ0v) is 23.6. The first kappa shape index (κ1) is 31.2. The Bertz CT molecular complexity index is 1220. The fourth-order valence-electron chi connectivity index (χ4n) is 4.33. The van der Waals surface area contributed by atoms with Gasteiger partial charge in [0.15, 0.2) is 11.4 Å². The Kier molecular flexibility index (Phi) is 10.4. The van der Waals surface area contributed by atoms with E-state index in [4.69, 9.17) is 24.3 Å². The first-order valence-electron chi connectivity index (χ1n) is 12.7. The summed E-state index contributed by atoms with van der Waals surface area (Å²) in [5.74, 6) is -0.569. The highest BCUT2D eigenvalue weighted by Crippen LogP contribution is 2.46. The summed E-state index contributed by atoms with van der Waals surface area (Å²) in [6.45, 7) is 5.15. The highest BCUT2D eigenvalue weighted by atomic mass is 31.2. The molecule has 2 aliphatic rings. The van der Waals surface area contributed by atoms with Crippen molar-refractivity contribution >= 4 is 25.9 Å². The van der Waals surface area contributed by atoms with Crippen LogP contribution in [-0.4, -0.2) is 83.1 Å². The van der Waals surface area contributed by atoms with Crippen LogP contribution in [0.3, 0.4) is 0 Å². The number of nitrogens with zero attached hydrogens (tertiary/aromatic N) is 4. The standard InChI is InChI=1S/C25H35N6O8P/c1-5-36-24(34)17(3)30-40(35,39-18-9-7-6-8-10-18)37-13-21(20(33)12-32)38-25(4,14-26)22-16(2)11-19-23(27)28-15-29-31(19)22/h6-11,15-17,20-22,32-33H,5,12-13H2,1-4H3,(H,30,35)(H2,27,28,29)/t16?,17-,20-,21+,22?,25-,40?/m0/s1. The number of carbonyl (C=O) groups excluding carboxylic acids is 1. The van der Waals surface area contributed by atoms with E-state index in [0.717, 1.165) is 0 Å². The number of nitrogens with one attached hydrogen (secondary N) is 1. The number of rotatable bonds is 14. The molecular weight excluding hydrogens is 543 g/mol. The number of aliphatic hydroxyl groups excluding tert-OH is 2. The van der Waals surface area contributed by atoms with Crippen LogP contribution < -0.4 is 15.3 Å². The second-order valence-corrected chi connectivity index (χ2v) is 11.1. The summed E-state index contributed by atoms with van der Waals surface area (Å²) >= 11 is 0. The smallest absolute Gasteiger partial charge is 0.459 e. The molecule has 1 aromatic rings. The number of aliphatic imine (C=N–C) groups is 1. The molecule has 0 saturated heterocycles. The second kappa shape index (κ2) is 13.4. The lowest BCUT2D eigenvalue weighted by atomic mass is 9.88. The average molecular weight is 579 g/mol. The zero-order chi connectivity index (χ0) is 29.5. The summed E-state index contributed by atoms with van der Waals surface area (Å²) in [4.78, 5) is 16.2. The first-order chi connectivity index (χ1) is 19.0. The Morgan fingerprint density at radius 2 is 2.08 bits per heavy atom. The van der Waals surface area contributed by atoms with Crippen molar-refractivity contribution in [3.8, 4) is 11.8 Å². The van der Waals surface area contributed by atoms with Crippen LogP contribution in [0.25, 0.3) is 0 Å². The quantitative estimate of drug-likeness (QED) is 0.182. The highest BCUT2D eigenvalue weighted by Gasteiger charge is 2.50. The lowest BCUT2D eigenvalue weighted by Gasteiger charge is -2.40. The van der Waals surface area contributed by atoms with E-state index >= 15 is 0 Å². The van der Waals surface area contributed by atoms with Gasteiger partial charge in [-0.25, -0.2) is 9.56 Å². The van der Waals surface area contributed by atoms with Gasteiger partial charge in [0.1, 0.15) is 36.4 Å². The third-order valence-electron chi connectivity index (χ3n) is 6.23. The zero-order valence-electron chi connectivity index (χ0n) is 22.7. The van der Waals surface area contributed by atoms with E-state index in [1.165, 1.54) is 37.3 Å². The van der Waals surface area contributed by atoms with Gasteiger partial charge in [-0.05, 0) is 32.9 Å². The van der Waals surface area contributed by atoms with Gasteiger partial charge in [0, 0.05) is 5.92 Å². The van der Waals surface area contributed by atoms with Gasteiger partial charge in [-0.1, -0.05) is 31.2 Å². The number of ether oxygens (including phenoxy) is 2. The second-order valence-electron chi connectivity index (χ2n) is 9.37. The number of nitrogens with two attached hydrogens (primary N) is 1. The van der Waals surface area contributed by atoms with Crippen LogP contribution in [0.4, 0.5) is 0 Å². The molecular formula is C25H35N6O8P. The maximum absolute atomic E-state index is 13.8. The number of aliphatic hydroxyl groups is 2. The summed E-state index contributed by atoms with van der Waals surface area (Å²) in [7, 11) is -4.31. The molecule has 3 unspecified atom stereocenters. The van der Waals surface area contributed by atoms with Gasteiger partial charge in [0.05, 0.1) is 31.6 Å². The number of carbonyl (C=O) groups is 1. The summed E-state index contributed by atoms with van der Waals surface area (Å²) in [6, 6.07) is 8.46. The predicted octanol–water partition coefficient (Wildman–Crippen LogP) is 1.27. The van der Waals surface area contributed by atoms with Crippen LogP contribution in [0, 0.1) is 17.2 Å². The molecule has 2 aliphatic heterocycles. The summed E-state index contributed by atoms with van der Waals surface area (Å²) < 4.78 is 36.1. The topological polar surface area (TPSA) is 201 Å². The van der Waals surface area contributed by atoms with E-state index in [1.807, 2.05) is 6.92 Å². The van der Waals surface area contributed by atoms with Gasteiger partial charge in [-0.15, -0.1) is 0 Å². The molecule has 7 atom stereocenters. The normalized spacial score (nSPS) is 23.4. The van der Waals surface area contributed by atoms with E-state index in [-0.39, 0.29) is 24.1 Å². The number of fused-ring (bicyclic) bond motifs is 1. The van der Waals surface area contributed by atoms with Crippen LogP contribution in [0.15, 0.2) is 52.2 Å². The van der Waals surface area contributed by atoms with Gasteiger partial charge in [-0.2, -0.15) is 15.5 Å². The van der Waals surface area contributed by atoms with Gasteiger partial charge in [-0.3, -0.25) is 14.3 Å². The summed E-state index contributed by atoms with van der Waals surface area (Å²) in [5.41, 5.74) is 4.87. The molecule has 0 aromatic heterocycles.